The van der Waals surface area contributed by atoms with Crippen molar-refractivity contribution in [1.82, 2.24) is 15.5 Å². The van der Waals surface area contributed by atoms with Crippen molar-refractivity contribution in [3.05, 3.63) is 66.4 Å². The number of hydrogen-bond acceptors (Lipinski definition) is 5. The normalized spacial score (nSPS) is 11.7. The minimum Gasteiger partial charge on any atom is -0.399 e. The van der Waals surface area contributed by atoms with Gasteiger partial charge in [0.15, 0.2) is 0 Å². The van der Waals surface area contributed by atoms with E-state index in [0.29, 0.717) is 18.3 Å². The van der Waals surface area contributed by atoms with E-state index in [9.17, 15) is 9.59 Å². The molecule has 0 saturated carbocycles. The second kappa shape index (κ2) is 31.2. The highest BCUT2D eigenvalue weighted by atomic mass is 16.1. The largest absolute Gasteiger partial charge is 0.399 e. The minimum absolute atomic E-state index is 0.411. The average Bonchev–Trinajstić information content (AvgIpc) is 3.01. The molecule has 0 heterocycles. The predicted molar refractivity (Wildman–Crippen MR) is 181 cm³/mol. The van der Waals surface area contributed by atoms with Crippen molar-refractivity contribution in [2.45, 2.75) is 105 Å². The number of rotatable bonds is 12. The number of carbonyl (C=O) groups excluding carboxylic acids is 2. The van der Waals surface area contributed by atoms with Gasteiger partial charge < -0.3 is 21.3 Å². The molecule has 0 aromatic heterocycles. The van der Waals surface area contributed by atoms with Crippen LogP contribution in [0.1, 0.15) is 98.0 Å². The van der Waals surface area contributed by atoms with Crippen molar-refractivity contribution in [2.75, 3.05) is 26.4 Å². The Kier molecular flexibility index (Phi) is 32.0. The Bertz CT molecular complexity index is 818. The molecule has 0 spiro atoms. The molecular weight excluding hydrogens is 510 g/mol. The smallest absolute Gasteiger partial charge is 0.212 e. The summed E-state index contributed by atoms with van der Waals surface area (Å²) in [6.45, 7) is 19.3. The summed E-state index contributed by atoms with van der Waals surface area (Å²) in [5, 5.41) is 5.63. The molecule has 4 N–H and O–H groups in total. The van der Waals surface area contributed by atoms with Crippen LogP contribution >= 0.6 is 0 Å². The Morgan fingerprint density at radius 3 is 1.90 bits per heavy atom. The Balaban J connectivity index is -0.000000562. The highest BCUT2D eigenvalue weighted by Gasteiger charge is 2.16. The van der Waals surface area contributed by atoms with Crippen LogP contribution in [-0.4, -0.2) is 50.2 Å². The van der Waals surface area contributed by atoms with Crippen LogP contribution in [0, 0.1) is 6.92 Å². The molecule has 0 fully saturated rings. The lowest BCUT2D eigenvalue weighted by Crippen LogP contribution is -2.35. The number of carbonyl (C=O) groups is 2. The number of aryl methyl sites for hydroxylation is 1. The van der Waals surface area contributed by atoms with Crippen LogP contribution in [0.3, 0.4) is 0 Å². The summed E-state index contributed by atoms with van der Waals surface area (Å²) in [4.78, 5) is 26.6. The standard InChI is InChI=1S/C17H30N2O.C7H9N.C4H8N2O.C4H10.C2H4/c1-4-8-16(9-5-2)19(14-20)13-12-15-10-6-7-11-17(15)18-3;1-6-2-4-7(8)5-3-6;1-4(5-2)6-3-7;1-3-4-2;1-2/h10-11,14,16,18H,4-9,12-13H2,1-3H3;2-5H,8H2,1H3;3H,1-2H3,(H,5,6,7);3-4H2,1-2H3;1-2H2. The quantitative estimate of drug-likeness (QED) is 0.0791. The Labute approximate surface area is 252 Å². The molecule has 234 valence electrons. The number of allylic oxidation sites excluding steroid dienone is 3. The molecule has 7 heteroatoms. The molecule has 7 nitrogen and oxygen atoms in total. The number of nitrogen functional groups attached to an aromatic ring is 1. The molecule has 0 radical (unpaired) electrons. The Morgan fingerprint density at radius 1 is 1.00 bits per heavy atom. The van der Waals surface area contributed by atoms with Crippen molar-refractivity contribution in [3.63, 3.8) is 0 Å². The molecule has 0 aliphatic heterocycles. The zero-order valence-corrected chi connectivity index (χ0v) is 27.5. The summed E-state index contributed by atoms with van der Waals surface area (Å²) in [5.41, 5.74) is 10.1. The van der Waals surface area contributed by atoms with Gasteiger partial charge in [-0.25, -0.2) is 0 Å². The molecule has 0 atom stereocenters. The second-order valence-corrected chi connectivity index (χ2v) is 9.48. The molecule has 2 amide bonds. The summed E-state index contributed by atoms with van der Waals surface area (Å²) >= 11 is 0. The van der Waals surface area contributed by atoms with Gasteiger partial charge in [-0.3, -0.25) is 14.6 Å². The van der Waals surface area contributed by atoms with E-state index in [4.69, 9.17) is 5.73 Å². The van der Waals surface area contributed by atoms with Crippen molar-refractivity contribution >= 4 is 24.3 Å². The zero-order chi connectivity index (χ0) is 31.9. The summed E-state index contributed by atoms with van der Waals surface area (Å²) in [6, 6.07) is 8.20. The average molecular weight is 572 g/mol. The summed E-state index contributed by atoms with van der Waals surface area (Å²) in [7, 11) is 3.59. The van der Waals surface area contributed by atoms with Gasteiger partial charge in [0.25, 0.3) is 0 Å². The van der Waals surface area contributed by atoms with E-state index in [-0.39, 0.29) is 0 Å². The maximum Gasteiger partial charge on any atom is 0.212 e. The highest BCUT2D eigenvalue weighted by Crippen LogP contribution is 2.21. The van der Waals surface area contributed by atoms with Crippen LogP contribution < -0.4 is 16.4 Å². The van der Waals surface area contributed by atoms with Gasteiger partial charge in [0.2, 0.25) is 12.8 Å². The number of amidine groups is 1. The van der Waals surface area contributed by atoms with E-state index >= 15 is 0 Å². The first-order valence-electron chi connectivity index (χ1n) is 15.0. The lowest BCUT2D eigenvalue weighted by atomic mass is 9.99. The van der Waals surface area contributed by atoms with Crippen LogP contribution in [0.25, 0.3) is 0 Å². The first-order chi connectivity index (χ1) is 19.8. The Hall–Kier alpha value is -3.35. The SMILES string of the molecule is C=C.CCCC.CCCC(CCC)N(C=O)CCC1=CCCC=C1NC.CN=C(C)NC=O.Cc1ccc(N)cc1. The van der Waals surface area contributed by atoms with Crippen LogP contribution in [0.2, 0.25) is 0 Å². The van der Waals surface area contributed by atoms with E-state index in [1.54, 1.807) is 14.0 Å². The number of nitrogens with zero attached hydrogens (tertiary/aromatic N) is 2. The maximum absolute atomic E-state index is 11.4. The fourth-order valence-electron chi connectivity index (χ4n) is 3.66. The molecule has 1 aromatic carbocycles. The van der Waals surface area contributed by atoms with Crippen LogP contribution in [0.5, 0.6) is 0 Å². The number of hydrogen-bond donors (Lipinski definition) is 3. The zero-order valence-electron chi connectivity index (χ0n) is 27.5. The van der Waals surface area contributed by atoms with Crippen LogP contribution in [0.4, 0.5) is 5.69 Å². The Morgan fingerprint density at radius 2 is 1.54 bits per heavy atom. The lowest BCUT2D eigenvalue weighted by Gasteiger charge is -2.29. The number of likely N-dealkylation sites (N-methyl/N-ethyl adjacent to an activating group) is 1. The van der Waals surface area contributed by atoms with Gasteiger partial charge in [0.1, 0.15) is 0 Å². The third-order valence-electron chi connectivity index (χ3n) is 6.19. The van der Waals surface area contributed by atoms with Crippen molar-refractivity contribution in [2.24, 2.45) is 4.99 Å². The van der Waals surface area contributed by atoms with E-state index in [1.807, 2.05) is 43.1 Å². The minimum atomic E-state index is 0.411. The van der Waals surface area contributed by atoms with Gasteiger partial charge >= 0.3 is 0 Å². The molecule has 1 aromatic rings. The van der Waals surface area contributed by atoms with E-state index in [2.05, 4.69) is 68.6 Å². The molecule has 0 saturated heterocycles. The second-order valence-electron chi connectivity index (χ2n) is 9.48. The summed E-state index contributed by atoms with van der Waals surface area (Å²) in [6.07, 6.45) is 16.5. The summed E-state index contributed by atoms with van der Waals surface area (Å²) in [5.74, 6) is 0.634. The predicted octanol–water partition coefficient (Wildman–Crippen LogP) is 7.59. The third-order valence-corrected chi connectivity index (χ3v) is 6.19. The molecule has 2 rings (SSSR count). The van der Waals surface area contributed by atoms with Gasteiger partial charge in [0.05, 0.1) is 5.84 Å². The van der Waals surface area contributed by atoms with E-state index in [0.717, 1.165) is 63.6 Å². The molecule has 0 bridgehead atoms. The highest BCUT2D eigenvalue weighted by molar-refractivity contribution is 5.88. The monoisotopic (exact) mass is 571 g/mol. The van der Waals surface area contributed by atoms with Crippen LogP contribution in [0.15, 0.2) is 65.8 Å². The van der Waals surface area contributed by atoms with Crippen molar-refractivity contribution < 1.29 is 9.59 Å². The number of nitrogens with two attached hydrogens (primary N) is 1. The number of benzene rings is 1. The fraction of sp³-hybridized carbons (Fsp3) is 0.559. The third kappa shape index (κ3) is 24.2. The number of anilines is 1. The molecule has 1 aliphatic carbocycles. The first-order valence-corrected chi connectivity index (χ1v) is 15.0. The van der Waals surface area contributed by atoms with E-state index in [1.165, 1.54) is 29.7 Å². The number of aliphatic imine (C=N–C) groups is 1. The first kappa shape index (κ1) is 42.1. The lowest BCUT2D eigenvalue weighted by molar-refractivity contribution is -0.120. The number of amides is 2. The maximum atomic E-state index is 11.4. The van der Waals surface area contributed by atoms with Crippen molar-refractivity contribution in [1.29, 1.82) is 0 Å². The van der Waals surface area contributed by atoms with Gasteiger partial charge in [-0.05, 0) is 63.7 Å². The van der Waals surface area contributed by atoms with Gasteiger partial charge in [-0.15, -0.1) is 13.2 Å². The molecule has 1 aliphatic rings. The fourth-order valence-corrected chi connectivity index (χ4v) is 3.66. The molecule has 41 heavy (non-hydrogen) atoms. The topological polar surface area (TPSA) is 99.8 Å². The number of unbranched alkanes of at least 4 members (excludes halogenated alkanes) is 1. The number of nitrogens with one attached hydrogen (secondary N) is 2. The molecule has 0 unspecified atom stereocenters. The van der Waals surface area contributed by atoms with Crippen LogP contribution in [-0.2, 0) is 9.59 Å². The van der Waals surface area contributed by atoms with Gasteiger partial charge in [-0.2, -0.15) is 0 Å². The van der Waals surface area contributed by atoms with Crippen molar-refractivity contribution in [3.8, 4) is 0 Å². The molecular formula is C34H61N5O2. The summed E-state index contributed by atoms with van der Waals surface area (Å²) < 4.78 is 0. The van der Waals surface area contributed by atoms with E-state index < -0.39 is 0 Å². The van der Waals surface area contributed by atoms with Gasteiger partial charge in [0, 0.05) is 38.1 Å². The van der Waals surface area contributed by atoms with Gasteiger partial charge in [-0.1, -0.05) is 83.2 Å².